The average molecular weight is 455 g/mol. The van der Waals surface area contributed by atoms with Gasteiger partial charge >= 0.3 is 0 Å². The van der Waals surface area contributed by atoms with Gasteiger partial charge in [-0.2, -0.15) is 4.31 Å². The highest BCUT2D eigenvalue weighted by Gasteiger charge is 2.34. The van der Waals surface area contributed by atoms with Crippen LogP contribution in [-0.4, -0.2) is 49.8 Å². The number of hydrogen-bond acceptors (Lipinski definition) is 3. The first-order valence-electron chi connectivity index (χ1n) is 12.1. The Morgan fingerprint density at radius 2 is 1.34 bits per heavy atom. The summed E-state index contributed by atoms with van der Waals surface area (Å²) in [6, 6.07) is 13.4. The van der Waals surface area contributed by atoms with Crippen LogP contribution >= 0.6 is 0 Å². The van der Waals surface area contributed by atoms with Gasteiger partial charge in [0, 0.05) is 19.1 Å². The molecular formula is C27H38N2O2S. The molecule has 2 saturated heterocycles. The van der Waals surface area contributed by atoms with Gasteiger partial charge in [0.25, 0.3) is 0 Å². The average Bonchev–Trinajstić information content (AvgIpc) is 2.75. The predicted octanol–water partition coefficient (Wildman–Crippen LogP) is 5.03. The number of hydrogen-bond donors (Lipinski definition) is 0. The molecule has 0 bridgehead atoms. The fraction of sp³-hybridized carbons (Fsp3) is 0.556. The fourth-order valence-electron chi connectivity index (χ4n) is 5.73. The maximum Gasteiger partial charge on any atom is 0.243 e. The summed E-state index contributed by atoms with van der Waals surface area (Å²) in [5.74, 6) is 0.766. The topological polar surface area (TPSA) is 40.6 Å². The van der Waals surface area contributed by atoms with E-state index in [1.165, 1.54) is 30.4 Å². The second-order valence-electron chi connectivity index (χ2n) is 10.0. The normalized spacial score (nSPS) is 20.0. The number of benzene rings is 2. The molecule has 5 heteroatoms. The summed E-state index contributed by atoms with van der Waals surface area (Å²) in [4.78, 5) is 3.14. The van der Waals surface area contributed by atoms with Gasteiger partial charge in [0.1, 0.15) is 0 Å². The monoisotopic (exact) mass is 454 g/mol. The van der Waals surface area contributed by atoms with Crippen LogP contribution in [0.25, 0.3) is 0 Å². The van der Waals surface area contributed by atoms with Crippen LogP contribution in [-0.2, 0) is 16.4 Å². The van der Waals surface area contributed by atoms with Gasteiger partial charge in [-0.3, -0.25) is 0 Å². The molecule has 2 aromatic carbocycles. The molecule has 0 unspecified atom stereocenters. The molecule has 2 aliphatic heterocycles. The highest BCUT2D eigenvalue weighted by atomic mass is 32.2. The lowest BCUT2D eigenvalue weighted by Gasteiger charge is -2.41. The summed E-state index contributed by atoms with van der Waals surface area (Å²) in [6.07, 6.45) is 5.54. The number of rotatable bonds is 5. The molecular weight excluding hydrogens is 416 g/mol. The Hall–Kier alpha value is -1.69. The molecule has 0 saturated carbocycles. The van der Waals surface area contributed by atoms with Crippen LogP contribution in [0.15, 0.2) is 41.3 Å². The van der Waals surface area contributed by atoms with Gasteiger partial charge in [-0.25, -0.2) is 8.42 Å². The van der Waals surface area contributed by atoms with E-state index in [1.54, 1.807) is 4.31 Å². The molecule has 0 spiro atoms. The molecule has 174 valence electrons. The predicted molar refractivity (Wildman–Crippen MR) is 132 cm³/mol. The third-order valence-electron chi connectivity index (χ3n) is 7.44. The summed E-state index contributed by atoms with van der Waals surface area (Å²) in [5.41, 5.74) is 5.61. The Bertz CT molecular complexity index is 1010. The number of nitrogens with zero attached hydrogens (tertiary/aromatic N) is 2. The van der Waals surface area contributed by atoms with E-state index in [0.29, 0.717) is 24.0 Å². The molecule has 2 heterocycles. The summed E-state index contributed by atoms with van der Waals surface area (Å²) in [6.45, 7) is 11.5. The molecule has 0 N–H and O–H groups in total. The van der Waals surface area contributed by atoms with Crippen LogP contribution in [0.1, 0.15) is 53.5 Å². The van der Waals surface area contributed by atoms with Gasteiger partial charge in [0.15, 0.2) is 0 Å². The highest BCUT2D eigenvalue weighted by molar-refractivity contribution is 7.89. The van der Waals surface area contributed by atoms with E-state index in [4.69, 9.17) is 0 Å². The van der Waals surface area contributed by atoms with Crippen molar-refractivity contribution in [1.82, 2.24) is 9.21 Å². The molecule has 0 atom stereocenters. The Morgan fingerprint density at radius 1 is 0.781 bits per heavy atom. The van der Waals surface area contributed by atoms with Gasteiger partial charge in [-0.05, 0) is 95.5 Å². The van der Waals surface area contributed by atoms with Crippen LogP contribution in [0, 0.1) is 33.6 Å². The van der Waals surface area contributed by atoms with Crippen LogP contribution in [0.4, 0.5) is 0 Å². The Balaban J connectivity index is 1.31. The first-order chi connectivity index (χ1) is 15.2. The molecule has 2 fully saturated rings. The lowest BCUT2D eigenvalue weighted by molar-refractivity contribution is 0.0970. The second kappa shape index (κ2) is 9.66. The molecule has 2 aromatic rings. The number of sulfonamides is 1. The summed E-state index contributed by atoms with van der Waals surface area (Å²) >= 11 is 0. The van der Waals surface area contributed by atoms with Gasteiger partial charge in [0.2, 0.25) is 10.0 Å². The van der Waals surface area contributed by atoms with Crippen molar-refractivity contribution in [3.8, 4) is 0 Å². The van der Waals surface area contributed by atoms with E-state index in [0.717, 1.165) is 48.5 Å². The third kappa shape index (κ3) is 5.11. The Kier molecular flexibility index (Phi) is 7.09. The lowest BCUT2D eigenvalue weighted by atomic mass is 9.88. The molecule has 0 amide bonds. The minimum absolute atomic E-state index is 0.512. The third-order valence-corrected chi connectivity index (χ3v) is 9.64. The van der Waals surface area contributed by atoms with Crippen LogP contribution in [0.2, 0.25) is 0 Å². The number of aryl methyl sites for hydroxylation is 4. The minimum atomic E-state index is -3.43. The van der Waals surface area contributed by atoms with Crippen LogP contribution in [0.3, 0.4) is 0 Å². The van der Waals surface area contributed by atoms with Crippen molar-refractivity contribution < 1.29 is 8.42 Å². The quantitative estimate of drug-likeness (QED) is 0.636. The van der Waals surface area contributed by atoms with Crippen molar-refractivity contribution in [1.29, 1.82) is 0 Å². The standard InChI is InChI=1S/C27H38N2O2S/c1-20-5-7-24(8-6-20)19-25-9-13-28(14-10-25)26-11-15-29(16-12-26)32(30,31)27-22(3)17-21(2)18-23(27)4/h5-8,17-18,25-26H,9-16,19H2,1-4H3. The first kappa shape index (κ1) is 23.5. The van der Waals surface area contributed by atoms with E-state index < -0.39 is 10.0 Å². The first-order valence-corrected chi connectivity index (χ1v) is 13.6. The van der Waals surface area contributed by atoms with E-state index in [9.17, 15) is 8.42 Å². The zero-order valence-electron chi connectivity index (χ0n) is 20.1. The fourth-order valence-corrected chi connectivity index (χ4v) is 7.61. The van der Waals surface area contributed by atoms with E-state index in [1.807, 2.05) is 32.9 Å². The molecule has 0 radical (unpaired) electrons. The summed E-state index contributed by atoms with van der Waals surface area (Å²) < 4.78 is 28.5. The van der Waals surface area contributed by atoms with Crippen molar-refractivity contribution in [2.45, 2.75) is 70.7 Å². The van der Waals surface area contributed by atoms with Crippen molar-refractivity contribution in [2.75, 3.05) is 26.2 Å². The van der Waals surface area contributed by atoms with E-state index in [-0.39, 0.29) is 0 Å². The molecule has 4 nitrogen and oxygen atoms in total. The number of likely N-dealkylation sites (tertiary alicyclic amines) is 1. The Labute approximate surface area is 194 Å². The van der Waals surface area contributed by atoms with Gasteiger partial charge in [-0.15, -0.1) is 0 Å². The zero-order chi connectivity index (χ0) is 22.9. The van der Waals surface area contributed by atoms with Crippen molar-refractivity contribution >= 4 is 10.0 Å². The molecule has 0 aromatic heterocycles. The highest BCUT2D eigenvalue weighted by Crippen LogP contribution is 2.30. The molecule has 2 aliphatic rings. The van der Waals surface area contributed by atoms with Crippen molar-refractivity contribution in [3.05, 3.63) is 64.2 Å². The van der Waals surface area contributed by atoms with E-state index in [2.05, 4.69) is 36.1 Å². The number of piperidine rings is 2. The molecule has 32 heavy (non-hydrogen) atoms. The van der Waals surface area contributed by atoms with Gasteiger partial charge in [0.05, 0.1) is 4.90 Å². The summed E-state index contributed by atoms with van der Waals surface area (Å²) in [5, 5.41) is 0. The second-order valence-corrected chi connectivity index (χ2v) is 11.9. The van der Waals surface area contributed by atoms with Crippen molar-refractivity contribution in [2.24, 2.45) is 5.92 Å². The molecule has 4 rings (SSSR count). The maximum atomic E-state index is 13.4. The lowest BCUT2D eigenvalue weighted by Crippen LogP contribution is -2.49. The van der Waals surface area contributed by atoms with Crippen LogP contribution in [0.5, 0.6) is 0 Å². The zero-order valence-corrected chi connectivity index (χ0v) is 20.9. The smallest absolute Gasteiger partial charge is 0.243 e. The Morgan fingerprint density at radius 3 is 1.91 bits per heavy atom. The maximum absolute atomic E-state index is 13.4. The minimum Gasteiger partial charge on any atom is -0.300 e. The largest absolute Gasteiger partial charge is 0.300 e. The van der Waals surface area contributed by atoms with Crippen molar-refractivity contribution in [3.63, 3.8) is 0 Å². The van der Waals surface area contributed by atoms with Gasteiger partial charge < -0.3 is 4.90 Å². The van der Waals surface area contributed by atoms with Gasteiger partial charge in [-0.1, -0.05) is 47.5 Å². The summed E-state index contributed by atoms with van der Waals surface area (Å²) in [7, 11) is -3.43. The van der Waals surface area contributed by atoms with E-state index >= 15 is 0 Å². The molecule has 0 aliphatic carbocycles. The van der Waals surface area contributed by atoms with Crippen LogP contribution < -0.4 is 0 Å². The SMILES string of the molecule is Cc1ccc(CC2CCN(C3CCN(S(=O)(=O)c4c(C)cc(C)cc4C)CC3)CC2)cc1.